The Balaban J connectivity index is 5.73. The normalized spacial score (nSPS) is 17.2. The molecule has 0 aromatic rings. The van der Waals surface area contributed by atoms with Gasteiger partial charge in [0.2, 0.25) is 0 Å². The van der Waals surface area contributed by atoms with Crippen molar-refractivity contribution in [2.24, 2.45) is 21.7 Å². The van der Waals surface area contributed by atoms with Crippen LogP contribution < -0.4 is 0 Å². The maximum atomic E-state index is 7.01. The van der Waals surface area contributed by atoms with Gasteiger partial charge in [-0.15, -0.1) is 0 Å². The molecule has 0 saturated heterocycles. The Morgan fingerprint density at radius 1 is 0.565 bits per heavy atom. The summed E-state index contributed by atoms with van der Waals surface area (Å²) in [4.78, 5) is 0. The molecule has 0 N–H and O–H groups in total. The maximum absolute atomic E-state index is 7.01. The van der Waals surface area contributed by atoms with Crippen LogP contribution in [0.4, 0.5) is 0 Å². The van der Waals surface area contributed by atoms with Gasteiger partial charge < -0.3 is 4.74 Å². The summed E-state index contributed by atoms with van der Waals surface area (Å²) in [5.41, 5.74) is 0.673. The number of rotatable bonds is 8. The van der Waals surface area contributed by atoms with Crippen molar-refractivity contribution in [1.82, 2.24) is 0 Å². The highest BCUT2D eigenvalue weighted by molar-refractivity contribution is 4.94. The van der Waals surface area contributed by atoms with Crippen molar-refractivity contribution in [3.8, 4) is 0 Å². The molecule has 1 heteroatoms. The van der Waals surface area contributed by atoms with Crippen LogP contribution in [0.2, 0.25) is 0 Å². The lowest BCUT2D eigenvalue weighted by Crippen LogP contribution is -2.51. The van der Waals surface area contributed by atoms with Gasteiger partial charge in [-0.05, 0) is 34.5 Å². The number of hydrogen-bond acceptors (Lipinski definition) is 1. The van der Waals surface area contributed by atoms with Crippen LogP contribution in [0.25, 0.3) is 0 Å². The lowest BCUT2D eigenvalue weighted by atomic mass is 9.68. The highest BCUT2D eigenvalue weighted by atomic mass is 16.5. The van der Waals surface area contributed by atoms with Crippen LogP contribution in [0.15, 0.2) is 0 Å². The molecule has 0 fully saturated rings. The molecule has 0 spiro atoms. The lowest BCUT2D eigenvalue weighted by molar-refractivity contribution is -0.190. The molecule has 0 aromatic heterocycles. The van der Waals surface area contributed by atoms with Crippen LogP contribution in [0.5, 0.6) is 0 Å². The summed E-state index contributed by atoms with van der Waals surface area (Å²) in [7, 11) is 0. The minimum Gasteiger partial charge on any atom is -0.373 e. The minimum absolute atomic E-state index is 0.143. The summed E-state index contributed by atoms with van der Waals surface area (Å²) in [5.74, 6) is 0. The van der Waals surface area contributed by atoms with Crippen molar-refractivity contribution >= 4 is 0 Å². The maximum Gasteiger partial charge on any atom is 0.0678 e. The van der Waals surface area contributed by atoms with E-state index < -0.39 is 0 Å². The van der Waals surface area contributed by atoms with Gasteiger partial charge in [0.25, 0.3) is 0 Å². The topological polar surface area (TPSA) is 9.23 Å². The van der Waals surface area contributed by atoms with E-state index in [9.17, 15) is 0 Å². The number of ether oxygens (including phenoxy) is 1. The van der Waals surface area contributed by atoms with Crippen LogP contribution in [-0.4, -0.2) is 12.2 Å². The molecule has 0 amide bonds. The molecule has 0 rings (SSSR count). The molecule has 0 bridgehead atoms. The second-order valence-corrected chi connectivity index (χ2v) is 11.1. The van der Waals surface area contributed by atoms with E-state index in [1.165, 1.54) is 25.7 Å². The van der Waals surface area contributed by atoms with E-state index in [-0.39, 0.29) is 33.9 Å². The largest absolute Gasteiger partial charge is 0.373 e. The highest BCUT2D eigenvalue weighted by Gasteiger charge is 2.46. The molecule has 0 saturated carbocycles. The third-order valence-electron chi connectivity index (χ3n) is 5.05. The van der Waals surface area contributed by atoms with Gasteiger partial charge in [0.15, 0.2) is 0 Å². The smallest absolute Gasteiger partial charge is 0.0678 e. The predicted octanol–water partition coefficient (Wildman–Crippen LogP) is 7.49. The fourth-order valence-corrected chi connectivity index (χ4v) is 4.81. The van der Waals surface area contributed by atoms with Crippen molar-refractivity contribution in [3.63, 3.8) is 0 Å². The standard InChI is InChI=1S/C22H46O/c1-13-15-21(9,10)17(19(3,4)5)23-18(20(6,7)8)22(11,12)16-14-2/h17-18H,13-16H2,1-12H3. The van der Waals surface area contributed by atoms with E-state index in [2.05, 4.69) is 83.1 Å². The third kappa shape index (κ3) is 6.77. The highest BCUT2D eigenvalue weighted by Crippen LogP contribution is 2.46. The Morgan fingerprint density at radius 3 is 1.00 bits per heavy atom. The Bertz CT molecular complexity index is 304. The van der Waals surface area contributed by atoms with E-state index in [1.807, 2.05) is 0 Å². The summed E-state index contributed by atoms with van der Waals surface area (Å²) in [6.45, 7) is 28.1. The second kappa shape index (κ2) is 7.89. The van der Waals surface area contributed by atoms with Crippen LogP contribution in [0, 0.1) is 21.7 Å². The minimum atomic E-state index is 0.143. The van der Waals surface area contributed by atoms with Crippen LogP contribution >= 0.6 is 0 Å². The molecule has 0 radical (unpaired) electrons. The van der Waals surface area contributed by atoms with Gasteiger partial charge in [0.1, 0.15) is 0 Å². The van der Waals surface area contributed by atoms with Gasteiger partial charge in [-0.25, -0.2) is 0 Å². The van der Waals surface area contributed by atoms with E-state index >= 15 is 0 Å². The first-order valence-corrected chi connectivity index (χ1v) is 9.75. The molecule has 0 aliphatic carbocycles. The molecule has 23 heavy (non-hydrogen) atoms. The van der Waals surface area contributed by atoms with Crippen LogP contribution in [-0.2, 0) is 4.74 Å². The first kappa shape index (κ1) is 23.0. The van der Waals surface area contributed by atoms with Crippen LogP contribution in [0.3, 0.4) is 0 Å². The third-order valence-corrected chi connectivity index (χ3v) is 5.05. The second-order valence-electron chi connectivity index (χ2n) is 11.1. The van der Waals surface area contributed by atoms with Crippen molar-refractivity contribution in [2.75, 3.05) is 0 Å². The first-order chi connectivity index (χ1) is 10.1. The van der Waals surface area contributed by atoms with Gasteiger partial charge in [0.05, 0.1) is 12.2 Å². The van der Waals surface area contributed by atoms with E-state index in [1.54, 1.807) is 0 Å². The molecule has 0 aromatic carbocycles. The first-order valence-electron chi connectivity index (χ1n) is 9.75. The molecule has 0 heterocycles. The Kier molecular flexibility index (Phi) is 7.88. The predicted molar refractivity (Wildman–Crippen MR) is 105 cm³/mol. The average molecular weight is 327 g/mol. The van der Waals surface area contributed by atoms with Gasteiger partial charge in [-0.3, -0.25) is 0 Å². The quantitative estimate of drug-likeness (QED) is 0.449. The van der Waals surface area contributed by atoms with Gasteiger partial charge in [-0.2, -0.15) is 0 Å². The molecule has 0 aliphatic heterocycles. The summed E-state index contributed by atoms with van der Waals surface area (Å²) in [5, 5.41) is 0. The molecule has 2 atom stereocenters. The van der Waals surface area contributed by atoms with Gasteiger partial charge in [0, 0.05) is 0 Å². The van der Waals surface area contributed by atoms with E-state index in [0.717, 1.165) is 0 Å². The average Bonchev–Trinajstić information content (AvgIpc) is 2.23. The summed E-state index contributed by atoms with van der Waals surface area (Å²) in [6.07, 6.45) is 5.36. The Labute approximate surface area is 148 Å². The molecular weight excluding hydrogens is 280 g/mol. The summed E-state index contributed by atoms with van der Waals surface area (Å²) < 4.78 is 7.01. The molecular formula is C22H46O. The molecule has 140 valence electrons. The van der Waals surface area contributed by atoms with Crippen molar-refractivity contribution in [1.29, 1.82) is 0 Å². The van der Waals surface area contributed by atoms with Gasteiger partial charge in [-0.1, -0.05) is 95.9 Å². The zero-order valence-corrected chi connectivity index (χ0v) is 18.4. The fourth-order valence-electron chi connectivity index (χ4n) is 4.81. The molecule has 1 nitrogen and oxygen atoms in total. The lowest BCUT2D eigenvalue weighted by Gasteiger charge is -2.51. The zero-order chi connectivity index (χ0) is 18.7. The molecule has 0 aliphatic rings. The van der Waals surface area contributed by atoms with Crippen LogP contribution in [0.1, 0.15) is 109 Å². The number of hydrogen-bond donors (Lipinski definition) is 0. The van der Waals surface area contributed by atoms with Crippen molar-refractivity contribution in [3.05, 3.63) is 0 Å². The monoisotopic (exact) mass is 326 g/mol. The summed E-state index contributed by atoms with van der Waals surface area (Å²) >= 11 is 0. The Hall–Kier alpha value is -0.0400. The van der Waals surface area contributed by atoms with Gasteiger partial charge >= 0.3 is 0 Å². The SMILES string of the molecule is CCCC(C)(C)C(OC(C(C)(C)C)C(C)(C)CCC)C(C)(C)C. The Morgan fingerprint density at radius 2 is 0.826 bits per heavy atom. The fraction of sp³-hybridized carbons (Fsp3) is 1.00. The van der Waals surface area contributed by atoms with Crippen molar-refractivity contribution in [2.45, 2.75) is 121 Å². The zero-order valence-electron chi connectivity index (χ0n) is 18.4. The van der Waals surface area contributed by atoms with Crippen molar-refractivity contribution < 1.29 is 4.74 Å². The van der Waals surface area contributed by atoms with E-state index in [0.29, 0.717) is 0 Å². The summed E-state index contributed by atoms with van der Waals surface area (Å²) in [6, 6.07) is 0. The molecule has 2 unspecified atom stereocenters. The van der Waals surface area contributed by atoms with E-state index in [4.69, 9.17) is 4.74 Å².